The molecule has 0 saturated heterocycles. The van der Waals surface area contributed by atoms with Gasteiger partial charge in [-0.3, -0.25) is 4.79 Å². The SMILES string of the molecule is CCC(CC)C(=O)NCc1c(OC)nn(C)c1OC. The van der Waals surface area contributed by atoms with E-state index in [0.29, 0.717) is 18.3 Å². The molecule has 0 fully saturated rings. The normalized spacial score (nSPS) is 10.6. The molecule has 0 atom stereocenters. The Balaban J connectivity index is 2.79. The van der Waals surface area contributed by atoms with Crippen LogP contribution in [0.3, 0.4) is 0 Å². The lowest BCUT2D eigenvalue weighted by Gasteiger charge is -2.13. The van der Waals surface area contributed by atoms with Gasteiger partial charge in [0.25, 0.3) is 0 Å². The van der Waals surface area contributed by atoms with Crippen LogP contribution in [0.25, 0.3) is 0 Å². The number of methoxy groups -OCH3 is 2. The molecule has 0 aliphatic rings. The van der Waals surface area contributed by atoms with E-state index in [2.05, 4.69) is 10.4 Å². The highest BCUT2D eigenvalue weighted by Crippen LogP contribution is 2.27. The van der Waals surface area contributed by atoms with Crippen molar-refractivity contribution in [2.45, 2.75) is 33.2 Å². The third kappa shape index (κ3) is 3.39. The molecule has 0 aliphatic carbocycles. The number of carbonyl (C=O) groups excluding carboxylic acids is 1. The van der Waals surface area contributed by atoms with Crippen molar-refractivity contribution in [1.82, 2.24) is 15.1 Å². The van der Waals surface area contributed by atoms with Crippen molar-refractivity contribution in [3.63, 3.8) is 0 Å². The topological polar surface area (TPSA) is 65.4 Å². The standard InChI is InChI=1S/C13H23N3O3/c1-6-9(7-2)11(17)14-8-10-12(18-4)15-16(3)13(10)19-5/h9H,6-8H2,1-5H3,(H,14,17). The van der Waals surface area contributed by atoms with Gasteiger partial charge in [-0.1, -0.05) is 13.8 Å². The minimum Gasteiger partial charge on any atom is -0.481 e. The summed E-state index contributed by atoms with van der Waals surface area (Å²) in [5, 5.41) is 7.09. The van der Waals surface area contributed by atoms with E-state index in [-0.39, 0.29) is 11.8 Å². The van der Waals surface area contributed by atoms with Gasteiger partial charge < -0.3 is 14.8 Å². The van der Waals surface area contributed by atoms with Crippen LogP contribution in [0.5, 0.6) is 11.8 Å². The molecule has 0 spiro atoms. The van der Waals surface area contributed by atoms with Crippen LogP contribution in [0.15, 0.2) is 0 Å². The molecular weight excluding hydrogens is 246 g/mol. The molecule has 19 heavy (non-hydrogen) atoms. The third-order valence-corrected chi connectivity index (χ3v) is 3.23. The molecule has 6 heteroatoms. The van der Waals surface area contributed by atoms with E-state index >= 15 is 0 Å². The largest absolute Gasteiger partial charge is 0.481 e. The summed E-state index contributed by atoms with van der Waals surface area (Å²) < 4.78 is 12.1. The first-order valence-electron chi connectivity index (χ1n) is 6.50. The number of hydrogen-bond acceptors (Lipinski definition) is 4. The molecule has 1 heterocycles. The summed E-state index contributed by atoms with van der Waals surface area (Å²) in [6.07, 6.45) is 1.67. The molecule has 108 valence electrons. The third-order valence-electron chi connectivity index (χ3n) is 3.23. The van der Waals surface area contributed by atoms with Crippen LogP contribution in [0.2, 0.25) is 0 Å². The molecule has 0 aromatic carbocycles. The number of aromatic nitrogens is 2. The monoisotopic (exact) mass is 269 g/mol. The average molecular weight is 269 g/mol. The Labute approximate surface area is 114 Å². The van der Waals surface area contributed by atoms with Gasteiger partial charge in [0.1, 0.15) is 0 Å². The molecule has 0 radical (unpaired) electrons. The second-order valence-corrected chi connectivity index (χ2v) is 4.35. The van der Waals surface area contributed by atoms with Gasteiger partial charge in [-0.2, -0.15) is 0 Å². The molecule has 1 rings (SSSR count). The van der Waals surface area contributed by atoms with Crippen LogP contribution >= 0.6 is 0 Å². The zero-order valence-electron chi connectivity index (χ0n) is 12.3. The predicted octanol–water partition coefficient (Wildman–Crippen LogP) is 1.49. The lowest BCUT2D eigenvalue weighted by atomic mass is 10.0. The first-order valence-corrected chi connectivity index (χ1v) is 6.50. The van der Waals surface area contributed by atoms with Crippen LogP contribution in [0.4, 0.5) is 0 Å². The van der Waals surface area contributed by atoms with Gasteiger partial charge in [-0.25, -0.2) is 4.68 Å². The highest BCUT2D eigenvalue weighted by Gasteiger charge is 2.20. The molecule has 1 aromatic rings. The molecule has 6 nitrogen and oxygen atoms in total. The van der Waals surface area contributed by atoms with Crippen LogP contribution in [-0.2, 0) is 18.4 Å². The molecule has 0 aliphatic heterocycles. The molecular formula is C13H23N3O3. The zero-order valence-corrected chi connectivity index (χ0v) is 12.3. The summed E-state index contributed by atoms with van der Waals surface area (Å²) in [5.74, 6) is 1.18. The summed E-state index contributed by atoms with van der Waals surface area (Å²) >= 11 is 0. The predicted molar refractivity (Wildman–Crippen MR) is 72.2 cm³/mol. The van der Waals surface area contributed by atoms with Crippen LogP contribution in [0, 0.1) is 5.92 Å². The van der Waals surface area contributed by atoms with Crippen LogP contribution < -0.4 is 14.8 Å². The fraction of sp³-hybridized carbons (Fsp3) is 0.692. The molecule has 0 bridgehead atoms. The van der Waals surface area contributed by atoms with E-state index < -0.39 is 0 Å². The number of nitrogens with zero attached hydrogens (tertiary/aromatic N) is 2. The van der Waals surface area contributed by atoms with E-state index in [1.165, 1.54) is 0 Å². The Morgan fingerprint density at radius 1 is 1.32 bits per heavy atom. The van der Waals surface area contributed by atoms with Crippen molar-refractivity contribution in [3.8, 4) is 11.8 Å². The number of nitrogens with one attached hydrogen (secondary N) is 1. The summed E-state index contributed by atoms with van der Waals surface area (Å²) in [7, 11) is 4.89. The Kier molecular flexibility index (Phi) is 5.66. The summed E-state index contributed by atoms with van der Waals surface area (Å²) in [6.45, 7) is 4.38. The van der Waals surface area contributed by atoms with E-state index in [9.17, 15) is 4.79 Å². The van der Waals surface area contributed by atoms with E-state index in [1.807, 2.05) is 13.8 Å². The number of carbonyl (C=O) groups is 1. The van der Waals surface area contributed by atoms with Gasteiger partial charge in [0.05, 0.1) is 26.3 Å². The van der Waals surface area contributed by atoms with E-state index in [1.54, 1.807) is 25.9 Å². The Morgan fingerprint density at radius 3 is 2.42 bits per heavy atom. The second kappa shape index (κ2) is 7.01. The fourth-order valence-electron chi connectivity index (χ4n) is 2.08. The number of rotatable bonds is 7. The fourth-order valence-corrected chi connectivity index (χ4v) is 2.08. The maximum absolute atomic E-state index is 12.0. The minimum absolute atomic E-state index is 0.0497. The smallest absolute Gasteiger partial charge is 0.241 e. The first-order chi connectivity index (χ1) is 9.08. The van der Waals surface area contributed by atoms with Gasteiger partial charge >= 0.3 is 0 Å². The molecule has 0 saturated carbocycles. The molecule has 1 aromatic heterocycles. The minimum atomic E-state index is 0.0497. The Bertz CT molecular complexity index is 425. The molecule has 1 N–H and O–H groups in total. The number of ether oxygens (including phenoxy) is 2. The maximum Gasteiger partial charge on any atom is 0.241 e. The van der Waals surface area contributed by atoms with Crippen molar-refractivity contribution in [2.75, 3.05) is 14.2 Å². The number of hydrogen-bond donors (Lipinski definition) is 1. The second-order valence-electron chi connectivity index (χ2n) is 4.35. The lowest BCUT2D eigenvalue weighted by molar-refractivity contribution is -0.125. The van der Waals surface area contributed by atoms with E-state index in [0.717, 1.165) is 18.4 Å². The van der Waals surface area contributed by atoms with Crippen molar-refractivity contribution in [1.29, 1.82) is 0 Å². The van der Waals surface area contributed by atoms with Gasteiger partial charge in [-0.15, -0.1) is 5.10 Å². The Morgan fingerprint density at radius 2 is 1.95 bits per heavy atom. The van der Waals surface area contributed by atoms with Crippen molar-refractivity contribution >= 4 is 5.91 Å². The van der Waals surface area contributed by atoms with Crippen molar-refractivity contribution in [2.24, 2.45) is 13.0 Å². The quantitative estimate of drug-likeness (QED) is 0.814. The molecule has 1 amide bonds. The summed E-state index contributed by atoms with van der Waals surface area (Å²) in [5.41, 5.74) is 0.756. The summed E-state index contributed by atoms with van der Waals surface area (Å²) in [6, 6.07) is 0. The number of amides is 1. The average Bonchev–Trinajstić information content (AvgIpc) is 2.73. The van der Waals surface area contributed by atoms with E-state index in [4.69, 9.17) is 9.47 Å². The van der Waals surface area contributed by atoms with Crippen molar-refractivity contribution in [3.05, 3.63) is 5.56 Å². The molecule has 0 unspecified atom stereocenters. The number of aryl methyl sites for hydroxylation is 1. The van der Waals surface area contributed by atoms with Gasteiger partial charge in [0.15, 0.2) is 0 Å². The van der Waals surface area contributed by atoms with Gasteiger partial charge in [0, 0.05) is 13.0 Å². The van der Waals surface area contributed by atoms with Gasteiger partial charge in [-0.05, 0) is 12.8 Å². The van der Waals surface area contributed by atoms with Crippen LogP contribution in [0.1, 0.15) is 32.3 Å². The first kappa shape index (κ1) is 15.3. The highest BCUT2D eigenvalue weighted by atomic mass is 16.5. The van der Waals surface area contributed by atoms with Gasteiger partial charge in [0.2, 0.25) is 17.7 Å². The summed E-state index contributed by atoms with van der Waals surface area (Å²) in [4.78, 5) is 12.0. The maximum atomic E-state index is 12.0. The zero-order chi connectivity index (χ0) is 14.4. The Hall–Kier alpha value is -1.72. The highest BCUT2D eigenvalue weighted by molar-refractivity contribution is 5.78. The van der Waals surface area contributed by atoms with Crippen molar-refractivity contribution < 1.29 is 14.3 Å². The lowest BCUT2D eigenvalue weighted by Crippen LogP contribution is -2.29. The van der Waals surface area contributed by atoms with Crippen LogP contribution in [-0.4, -0.2) is 29.9 Å².